The Morgan fingerprint density at radius 3 is 2.48 bits per heavy atom. The van der Waals surface area contributed by atoms with E-state index in [1.54, 1.807) is 7.05 Å². The zero-order valence-electron chi connectivity index (χ0n) is 13.6. The van der Waals surface area contributed by atoms with Gasteiger partial charge in [0.15, 0.2) is 18.1 Å². The van der Waals surface area contributed by atoms with Gasteiger partial charge in [0.2, 0.25) is 0 Å². The zero-order chi connectivity index (χ0) is 15.9. The number of ether oxygens (including phenoxy) is 2. The molecule has 1 amide bonds. The molecular formula is C16H26N2O3. The molecular weight excluding hydrogens is 268 g/mol. The van der Waals surface area contributed by atoms with Crippen molar-refractivity contribution >= 4 is 5.91 Å². The van der Waals surface area contributed by atoms with Crippen molar-refractivity contribution in [1.82, 2.24) is 10.6 Å². The number of rotatable bonds is 7. The Hall–Kier alpha value is -1.75. The van der Waals surface area contributed by atoms with Gasteiger partial charge < -0.3 is 20.1 Å². The monoisotopic (exact) mass is 294 g/mol. The molecule has 0 radical (unpaired) electrons. The number of benzene rings is 1. The summed E-state index contributed by atoms with van der Waals surface area (Å²) in [4.78, 5) is 11.2. The van der Waals surface area contributed by atoms with Crippen LogP contribution in [0.5, 0.6) is 11.5 Å². The molecule has 0 saturated carbocycles. The number of hydrogen-bond acceptors (Lipinski definition) is 4. The van der Waals surface area contributed by atoms with Crippen LogP contribution in [0.3, 0.4) is 0 Å². The van der Waals surface area contributed by atoms with Gasteiger partial charge in [-0.2, -0.15) is 0 Å². The first kappa shape index (κ1) is 17.3. The molecule has 1 rings (SSSR count). The second-order valence-electron chi connectivity index (χ2n) is 5.78. The van der Waals surface area contributed by atoms with Gasteiger partial charge in [-0.15, -0.1) is 0 Å². The van der Waals surface area contributed by atoms with Crippen molar-refractivity contribution in [2.75, 3.05) is 20.3 Å². The van der Waals surface area contributed by atoms with E-state index in [1.165, 1.54) is 0 Å². The molecule has 2 N–H and O–H groups in total. The van der Waals surface area contributed by atoms with Crippen molar-refractivity contribution in [2.45, 2.75) is 39.8 Å². The summed E-state index contributed by atoms with van der Waals surface area (Å²) >= 11 is 0. The maximum atomic E-state index is 11.2. The molecule has 5 nitrogen and oxygen atoms in total. The number of likely N-dealkylation sites (N-methyl/N-ethyl adjacent to an activating group) is 1. The smallest absolute Gasteiger partial charge is 0.257 e. The quantitative estimate of drug-likeness (QED) is 0.808. The molecule has 0 spiro atoms. The standard InChI is InChI=1S/C16H26N2O3/c1-6-20-14-9-12(10-18-16(2,3)4)7-8-13(14)21-11-15(19)17-5/h7-9,18H,6,10-11H2,1-5H3,(H,17,19). The van der Waals surface area contributed by atoms with Gasteiger partial charge in [-0.1, -0.05) is 6.07 Å². The molecule has 0 aliphatic carbocycles. The molecule has 0 saturated heterocycles. The largest absolute Gasteiger partial charge is 0.490 e. The minimum atomic E-state index is -0.170. The van der Waals surface area contributed by atoms with E-state index in [4.69, 9.17) is 9.47 Å². The summed E-state index contributed by atoms with van der Waals surface area (Å²) in [7, 11) is 1.58. The third-order valence-electron chi connectivity index (χ3n) is 2.77. The first-order valence-electron chi connectivity index (χ1n) is 7.20. The van der Waals surface area contributed by atoms with E-state index in [-0.39, 0.29) is 18.1 Å². The van der Waals surface area contributed by atoms with Gasteiger partial charge in [-0.25, -0.2) is 0 Å². The van der Waals surface area contributed by atoms with Crippen LogP contribution in [-0.4, -0.2) is 31.7 Å². The molecule has 0 bridgehead atoms. The Morgan fingerprint density at radius 2 is 1.90 bits per heavy atom. The van der Waals surface area contributed by atoms with Crippen molar-refractivity contribution in [2.24, 2.45) is 0 Å². The van der Waals surface area contributed by atoms with Crippen LogP contribution in [0.4, 0.5) is 0 Å². The number of nitrogens with one attached hydrogen (secondary N) is 2. The molecule has 21 heavy (non-hydrogen) atoms. The van der Waals surface area contributed by atoms with E-state index in [2.05, 4.69) is 31.4 Å². The molecule has 0 aliphatic heterocycles. The third kappa shape index (κ3) is 6.49. The molecule has 1 aromatic carbocycles. The van der Waals surface area contributed by atoms with Gasteiger partial charge in [0, 0.05) is 19.1 Å². The number of amides is 1. The SMILES string of the molecule is CCOc1cc(CNC(C)(C)C)ccc1OCC(=O)NC. The highest BCUT2D eigenvalue weighted by Crippen LogP contribution is 2.28. The lowest BCUT2D eigenvalue weighted by atomic mass is 10.1. The molecule has 0 aliphatic rings. The summed E-state index contributed by atoms with van der Waals surface area (Å²) in [6, 6.07) is 5.76. The average Bonchev–Trinajstić information content (AvgIpc) is 2.43. The van der Waals surface area contributed by atoms with E-state index in [1.807, 2.05) is 25.1 Å². The topological polar surface area (TPSA) is 59.6 Å². The van der Waals surface area contributed by atoms with E-state index >= 15 is 0 Å². The molecule has 0 atom stereocenters. The second kappa shape index (κ2) is 7.88. The highest BCUT2D eigenvalue weighted by atomic mass is 16.5. The van der Waals surface area contributed by atoms with Gasteiger partial charge in [0.1, 0.15) is 0 Å². The summed E-state index contributed by atoms with van der Waals surface area (Å²) in [6.45, 7) is 9.57. The van der Waals surface area contributed by atoms with Crippen LogP contribution in [0.2, 0.25) is 0 Å². The van der Waals surface area contributed by atoms with E-state index in [0.717, 1.165) is 12.1 Å². The lowest BCUT2D eigenvalue weighted by Gasteiger charge is -2.21. The van der Waals surface area contributed by atoms with Gasteiger partial charge in [0.05, 0.1) is 6.61 Å². The Morgan fingerprint density at radius 1 is 1.19 bits per heavy atom. The molecule has 0 fully saturated rings. The van der Waals surface area contributed by atoms with Crippen LogP contribution >= 0.6 is 0 Å². The average molecular weight is 294 g/mol. The summed E-state index contributed by atoms with van der Waals surface area (Å²) in [5.41, 5.74) is 1.17. The molecule has 0 unspecified atom stereocenters. The van der Waals surface area contributed by atoms with Crippen LogP contribution in [0, 0.1) is 0 Å². The number of hydrogen-bond donors (Lipinski definition) is 2. The van der Waals surface area contributed by atoms with Crippen LogP contribution in [0.25, 0.3) is 0 Å². The van der Waals surface area contributed by atoms with Gasteiger partial charge in [-0.05, 0) is 45.4 Å². The Labute approximate surface area is 127 Å². The van der Waals surface area contributed by atoms with Gasteiger partial charge >= 0.3 is 0 Å². The van der Waals surface area contributed by atoms with Crippen molar-refractivity contribution in [3.05, 3.63) is 23.8 Å². The minimum Gasteiger partial charge on any atom is -0.490 e. The van der Waals surface area contributed by atoms with Crippen LogP contribution in [0.1, 0.15) is 33.3 Å². The Bertz CT molecular complexity index is 467. The van der Waals surface area contributed by atoms with Crippen LogP contribution in [-0.2, 0) is 11.3 Å². The van der Waals surface area contributed by atoms with Crippen molar-refractivity contribution in [3.8, 4) is 11.5 Å². The predicted octanol–water partition coefficient (Wildman–Crippen LogP) is 2.10. The predicted molar refractivity (Wildman–Crippen MR) is 83.8 cm³/mol. The van der Waals surface area contributed by atoms with E-state index in [9.17, 15) is 4.79 Å². The highest BCUT2D eigenvalue weighted by molar-refractivity contribution is 5.77. The van der Waals surface area contributed by atoms with Crippen LogP contribution in [0.15, 0.2) is 18.2 Å². The Kier molecular flexibility index (Phi) is 6.49. The first-order valence-corrected chi connectivity index (χ1v) is 7.20. The third-order valence-corrected chi connectivity index (χ3v) is 2.77. The van der Waals surface area contributed by atoms with Crippen molar-refractivity contribution in [3.63, 3.8) is 0 Å². The second-order valence-corrected chi connectivity index (χ2v) is 5.78. The zero-order valence-corrected chi connectivity index (χ0v) is 13.6. The lowest BCUT2D eigenvalue weighted by molar-refractivity contribution is -0.122. The maximum absolute atomic E-state index is 11.2. The molecule has 5 heteroatoms. The number of carbonyl (C=O) groups excluding carboxylic acids is 1. The van der Waals surface area contributed by atoms with E-state index < -0.39 is 0 Å². The fraction of sp³-hybridized carbons (Fsp3) is 0.562. The summed E-state index contributed by atoms with van der Waals surface area (Å²) in [6.07, 6.45) is 0. The molecule has 118 valence electrons. The fourth-order valence-electron chi connectivity index (χ4n) is 1.63. The fourth-order valence-corrected chi connectivity index (χ4v) is 1.63. The first-order chi connectivity index (χ1) is 9.85. The summed E-state index contributed by atoms with van der Waals surface area (Å²) in [5.74, 6) is 1.07. The van der Waals surface area contributed by atoms with Crippen molar-refractivity contribution in [1.29, 1.82) is 0 Å². The summed E-state index contributed by atoms with van der Waals surface area (Å²) in [5, 5.41) is 5.95. The lowest BCUT2D eigenvalue weighted by Crippen LogP contribution is -2.35. The molecule has 0 heterocycles. The van der Waals surface area contributed by atoms with Gasteiger partial charge in [-0.3, -0.25) is 4.79 Å². The molecule has 1 aromatic rings. The van der Waals surface area contributed by atoms with Crippen LogP contribution < -0.4 is 20.1 Å². The maximum Gasteiger partial charge on any atom is 0.257 e. The minimum absolute atomic E-state index is 0.0177. The highest BCUT2D eigenvalue weighted by Gasteiger charge is 2.11. The number of carbonyl (C=O) groups is 1. The van der Waals surface area contributed by atoms with E-state index in [0.29, 0.717) is 18.1 Å². The van der Waals surface area contributed by atoms with Crippen molar-refractivity contribution < 1.29 is 14.3 Å². The van der Waals surface area contributed by atoms with Gasteiger partial charge in [0.25, 0.3) is 5.91 Å². The summed E-state index contributed by atoms with van der Waals surface area (Å²) < 4.78 is 11.1. The Balaban J connectivity index is 2.78. The molecule has 0 aromatic heterocycles. The normalized spacial score (nSPS) is 11.1.